The van der Waals surface area contributed by atoms with Crippen molar-refractivity contribution in [3.05, 3.63) is 53.2 Å². The van der Waals surface area contributed by atoms with Crippen LogP contribution in [0.3, 0.4) is 0 Å². The van der Waals surface area contributed by atoms with Gasteiger partial charge in [0.15, 0.2) is 0 Å². The van der Waals surface area contributed by atoms with Gasteiger partial charge in [0.25, 0.3) is 0 Å². The van der Waals surface area contributed by atoms with Gasteiger partial charge in [-0.3, -0.25) is 0 Å². The lowest BCUT2D eigenvalue weighted by atomic mass is 10.2. The Morgan fingerprint density at radius 1 is 1.42 bits per heavy atom. The number of hydrogen-bond donors (Lipinski definition) is 1. The summed E-state index contributed by atoms with van der Waals surface area (Å²) < 4.78 is 18.4. The molecule has 2 aromatic rings. The number of carboxylic acids is 1. The SMILES string of the molecule is Cc1cc(CN(C)c2cccc(F)c2)oc1C(=O)O. The molecule has 0 saturated carbocycles. The highest BCUT2D eigenvalue weighted by Gasteiger charge is 2.15. The highest BCUT2D eigenvalue weighted by molar-refractivity contribution is 5.86. The number of benzene rings is 1. The van der Waals surface area contributed by atoms with E-state index in [1.54, 1.807) is 37.1 Å². The first-order valence-electron chi connectivity index (χ1n) is 5.76. The number of rotatable bonds is 4. The van der Waals surface area contributed by atoms with Gasteiger partial charge in [-0.05, 0) is 31.2 Å². The van der Waals surface area contributed by atoms with Gasteiger partial charge in [-0.15, -0.1) is 0 Å². The fraction of sp³-hybridized carbons (Fsp3) is 0.214. The van der Waals surface area contributed by atoms with E-state index in [0.717, 1.165) is 0 Å². The lowest BCUT2D eigenvalue weighted by molar-refractivity contribution is 0.0659. The zero-order chi connectivity index (χ0) is 14.0. The second kappa shape index (κ2) is 5.14. The van der Waals surface area contributed by atoms with Crippen molar-refractivity contribution in [2.75, 3.05) is 11.9 Å². The molecule has 4 nitrogen and oxygen atoms in total. The Kier molecular flexibility index (Phi) is 3.55. The summed E-state index contributed by atoms with van der Waals surface area (Å²) >= 11 is 0. The number of aromatic carboxylic acids is 1. The summed E-state index contributed by atoms with van der Waals surface area (Å²) in [6, 6.07) is 7.86. The van der Waals surface area contributed by atoms with Crippen molar-refractivity contribution in [3.63, 3.8) is 0 Å². The summed E-state index contributed by atoms with van der Waals surface area (Å²) in [6.45, 7) is 2.05. The first-order chi connectivity index (χ1) is 8.97. The molecule has 0 unspecified atom stereocenters. The molecule has 19 heavy (non-hydrogen) atoms. The minimum atomic E-state index is -1.09. The summed E-state index contributed by atoms with van der Waals surface area (Å²) in [5.74, 6) is -0.923. The number of carbonyl (C=O) groups is 1. The third-order valence-electron chi connectivity index (χ3n) is 2.81. The quantitative estimate of drug-likeness (QED) is 0.921. The van der Waals surface area contributed by atoms with Gasteiger partial charge in [0, 0.05) is 18.3 Å². The largest absolute Gasteiger partial charge is 0.475 e. The Labute approximate surface area is 110 Å². The van der Waals surface area contributed by atoms with Crippen molar-refractivity contribution in [1.82, 2.24) is 0 Å². The maximum absolute atomic E-state index is 13.1. The molecule has 1 N–H and O–H groups in total. The standard InChI is InChI=1S/C14H14FNO3/c1-9-6-12(19-13(9)14(17)18)8-16(2)11-5-3-4-10(15)7-11/h3-7H,8H2,1-2H3,(H,17,18). The first kappa shape index (κ1) is 13.1. The van der Waals surface area contributed by atoms with Gasteiger partial charge in [-0.1, -0.05) is 6.07 Å². The molecule has 2 rings (SSSR count). The van der Waals surface area contributed by atoms with E-state index in [1.807, 2.05) is 0 Å². The van der Waals surface area contributed by atoms with Gasteiger partial charge in [0.1, 0.15) is 11.6 Å². The van der Waals surface area contributed by atoms with Crippen LogP contribution in [0.4, 0.5) is 10.1 Å². The van der Waals surface area contributed by atoms with Crippen LogP contribution in [0, 0.1) is 12.7 Å². The summed E-state index contributed by atoms with van der Waals surface area (Å²) in [5.41, 5.74) is 1.28. The summed E-state index contributed by atoms with van der Waals surface area (Å²) in [5, 5.41) is 8.91. The van der Waals surface area contributed by atoms with E-state index in [2.05, 4.69) is 0 Å². The fourth-order valence-electron chi connectivity index (χ4n) is 1.88. The molecule has 1 aromatic heterocycles. The third-order valence-corrected chi connectivity index (χ3v) is 2.81. The van der Waals surface area contributed by atoms with E-state index in [0.29, 0.717) is 23.6 Å². The molecular weight excluding hydrogens is 249 g/mol. The second-order valence-electron chi connectivity index (χ2n) is 4.37. The van der Waals surface area contributed by atoms with Crippen molar-refractivity contribution in [2.45, 2.75) is 13.5 Å². The average molecular weight is 263 g/mol. The number of aryl methyl sites for hydroxylation is 1. The molecule has 0 aliphatic rings. The minimum Gasteiger partial charge on any atom is -0.475 e. The maximum Gasteiger partial charge on any atom is 0.372 e. The molecule has 1 aromatic carbocycles. The second-order valence-corrected chi connectivity index (χ2v) is 4.37. The molecule has 0 atom stereocenters. The molecule has 0 saturated heterocycles. The van der Waals surface area contributed by atoms with E-state index in [-0.39, 0.29) is 11.6 Å². The van der Waals surface area contributed by atoms with Crippen LogP contribution in [0.1, 0.15) is 21.9 Å². The van der Waals surface area contributed by atoms with Gasteiger partial charge in [0.2, 0.25) is 5.76 Å². The van der Waals surface area contributed by atoms with Crippen LogP contribution < -0.4 is 4.90 Å². The zero-order valence-electron chi connectivity index (χ0n) is 10.7. The molecule has 0 fully saturated rings. The van der Waals surface area contributed by atoms with Crippen molar-refractivity contribution < 1.29 is 18.7 Å². The zero-order valence-corrected chi connectivity index (χ0v) is 10.7. The Morgan fingerprint density at radius 2 is 2.16 bits per heavy atom. The van der Waals surface area contributed by atoms with Crippen LogP contribution in [-0.2, 0) is 6.54 Å². The summed E-state index contributed by atoms with van der Waals surface area (Å²) in [7, 11) is 1.78. The molecule has 0 aliphatic carbocycles. The van der Waals surface area contributed by atoms with E-state index < -0.39 is 5.97 Å². The molecule has 100 valence electrons. The van der Waals surface area contributed by atoms with Crippen molar-refractivity contribution in [1.29, 1.82) is 0 Å². The van der Waals surface area contributed by atoms with Crippen molar-refractivity contribution >= 4 is 11.7 Å². The molecule has 0 bridgehead atoms. The number of nitrogens with zero attached hydrogens (tertiary/aromatic N) is 1. The highest BCUT2D eigenvalue weighted by atomic mass is 19.1. The first-order valence-corrected chi connectivity index (χ1v) is 5.76. The van der Waals surface area contributed by atoms with Crippen LogP contribution >= 0.6 is 0 Å². The molecule has 1 heterocycles. The monoisotopic (exact) mass is 263 g/mol. The van der Waals surface area contributed by atoms with Crippen molar-refractivity contribution in [3.8, 4) is 0 Å². The van der Waals surface area contributed by atoms with Gasteiger partial charge < -0.3 is 14.4 Å². The van der Waals surface area contributed by atoms with E-state index in [1.165, 1.54) is 12.1 Å². The summed E-state index contributed by atoms with van der Waals surface area (Å²) in [6.07, 6.45) is 0. The van der Waals surface area contributed by atoms with Gasteiger partial charge in [-0.25, -0.2) is 9.18 Å². The topological polar surface area (TPSA) is 53.7 Å². The predicted molar refractivity (Wildman–Crippen MR) is 68.9 cm³/mol. The van der Waals surface area contributed by atoms with Gasteiger partial charge in [0.05, 0.1) is 6.54 Å². The third kappa shape index (κ3) is 2.93. The number of anilines is 1. The number of hydrogen-bond acceptors (Lipinski definition) is 3. The lowest BCUT2D eigenvalue weighted by Crippen LogP contribution is -2.15. The molecule has 5 heteroatoms. The van der Waals surface area contributed by atoms with Crippen LogP contribution in [-0.4, -0.2) is 18.1 Å². The van der Waals surface area contributed by atoms with E-state index in [4.69, 9.17) is 9.52 Å². The normalized spacial score (nSPS) is 10.5. The Balaban J connectivity index is 2.17. The smallest absolute Gasteiger partial charge is 0.372 e. The van der Waals surface area contributed by atoms with Gasteiger partial charge in [-0.2, -0.15) is 0 Å². The Hall–Kier alpha value is -2.30. The molecule has 0 radical (unpaired) electrons. The van der Waals surface area contributed by atoms with Crippen LogP contribution in [0.25, 0.3) is 0 Å². The highest BCUT2D eigenvalue weighted by Crippen LogP contribution is 2.20. The maximum atomic E-state index is 13.1. The Bertz CT molecular complexity index is 606. The minimum absolute atomic E-state index is 0.0531. The molecule has 0 aliphatic heterocycles. The van der Waals surface area contributed by atoms with Crippen molar-refractivity contribution in [2.24, 2.45) is 0 Å². The van der Waals surface area contributed by atoms with Crippen LogP contribution in [0.15, 0.2) is 34.7 Å². The average Bonchev–Trinajstić information content (AvgIpc) is 2.70. The van der Waals surface area contributed by atoms with E-state index in [9.17, 15) is 9.18 Å². The van der Waals surface area contributed by atoms with Crippen LogP contribution in [0.5, 0.6) is 0 Å². The van der Waals surface area contributed by atoms with Gasteiger partial charge >= 0.3 is 5.97 Å². The van der Waals surface area contributed by atoms with Crippen LogP contribution in [0.2, 0.25) is 0 Å². The number of halogens is 1. The van der Waals surface area contributed by atoms with E-state index >= 15 is 0 Å². The lowest BCUT2D eigenvalue weighted by Gasteiger charge is -2.17. The molecular formula is C14H14FNO3. The molecule has 0 amide bonds. The molecule has 0 spiro atoms. The number of carboxylic acid groups (broad SMARTS) is 1. The fourth-order valence-corrected chi connectivity index (χ4v) is 1.88. The Morgan fingerprint density at radius 3 is 2.74 bits per heavy atom. The predicted octanol–water partition coefficient (Wildman–Crippen LogP) is 3.06. The number of furan rings is 1. The summed E-state index contributed by atoms with van der Waals surface area (Å²) in [4.78, 5) is 12.7.